The maximum atomic E-state index is 12.9. The van der Waals surface area contributed by atoms with Gasteiger partial charge in [0, 0.05) is 11.7 Å². The van der Waals surface area contributed by atoms with Gasteiger partial charge in [0.05, 0.1) is 17.2 Å². The maximum Gasteiger partial charge on any atom is 0.269 e. The Morgan fingerprint density at radius 2 is 1.92 bits per heavy atom. The summed E-state index contributed by atoms with van der Waals surface area (Å²) < 4.78 is 1.50. The van der Waals surface area contributed by atoms with E-state index in [-0.39, 0.29) is 24.1 Å². The standard InChI is InChI=1S/C19H17N3O2/c1-13-10-14-6-2-4-8-16(14)22(13)19(24)12-21-17-9-5-3-7-15(17)20-11-18(21)23/h2-9,11,13H,10,12H2,1H3. The molecule has 0 spiro atoms. The molecule has 1 unspecified atom stereocenters. The van der Waals surface area contributed by atoms with Crippen molar-refractivity contribution in [2.24, 2.45) is 0 Å². The highest BCUT2D eigenvalue weighted by Crippen LogP contribution is 2.32. The van der Waals surface area contributed by atoms with E-state index in [1.54, 1.807) is 4.90 Å². The molecule has 1 atom stereocenters. The zero-order chi connectivity index (χ0) is 16.7. The lowest BCUT2D eigenvalue weighted by Gasteiger charge is -2.23. The first-order chi connectivity index (χ1) is 11.6. The van der Waals surface area contributed by atoms with Crippen molar-refractivity contribution in [3.8, 4) is 0 Å². The van der Waals surface area contributed by atoms with Gasteiger partial charge in [0.15, 0.2) is 0 Å². The molecule has 0 fully saturated rings. The van der Waals surface area contributed by atoms with Gasteiger partial charge in [-0.25, -0.2) is 4.98 Å². The van der Waals surface area contributed by atoms with Crippen molar-refractivity contribution in [2.75, 3.05) is 4.90 Å². The Labute approximate surface area is 139 Å². The summed E-state index contributed by atoms with van der Waals surface area (Å²) >= 11 is 0. The van der Waals surface area contributed by atoms with E-state index < -0.39 is 0 Å². The van der Waals surface area contributed by atoms with Crippen molar-refractivity contribution in [1.29, 1.82) is 0 Å². The smallest absolute Gasteiger partial charge is 0.269 e. The molecular formula is C19H17N3O2. The summed E-state index contributed by atoms with van der Waals surface area (Å²) in [6.07, 6.45) is 2.12. The molecule has 0 bridgehead atoms. The van der Waals surface area contributed by atoms with Gasteiger partial charge in [-0.15, -0.1) is 0 Å². The van der Waals surface area contributed by atoms with Gasteiger partial charge in [-0.05, 0) is 37.1 Å². The molecule has 0 saturated heterocycles. The van der Waals surface area contributed by atoms with Crippen molar-refractivity contribution < 1.29 is 4.79 Å². The van der Waals surface area contributed by atoms with Gasteiger partial charge in [-0.2, -0.15) is 0 Å². The highest BCUT2D eigenvalue weighted by Gasteiger charge is 2.30. The number of rotatable bonds is 2. The molecule has 120 valence electrons. The van der Waals surface area contributed by atoms with Crippen LogP contribution in [0, 0.1) is 0 Å². The lowest BCUT2D eigenvalue weighted by molar-refractivity contribution is -0.119. The van der Waals surface area contributed by atoms with Crippen LogP contribution in [0.15, 0.2) is 59.5 Å². The van der Waals surface area contributed by atoms with E-state index in [0.29, 0.717) is 11.0 Å². The Kier molecular flexibility index (Phi) is 3.41. The summed E-state index contributed by atoms with van der Waals surface area (Å²) in [6, 6.07) is 15.4. The van der Waals surface area contributed by atoms with Crippen LogP contribution in [-0.4, -0.2) is 21.5 Å². The van der Waals surface area contributed by atoms with E-state index in [0.717, 1.165) is 12.1 Å². The van der Waals surface area contributed by atoms with Gasteiger partial charge in [-0.1, -0.05) is 30.3 Å². The van der Waals surface area contributed by atoms with Crippen LogP contribution in [0.3, 0.4) is 0 Å². The first-order valence-electron chi connectivity index (χ1n) is 7.99. The molecule has 2 aromatic carbocycles. The first-order valence-corrected chi connectivity index (χ1v) is 7.99. The fourth-order valence-corrected chi connectivity index (χ4v) is 3.43. The third kappa shape index (κ3) is 2.29. The average molecular weight is 319 g/mol. The average Bonchev–Trinajstić information content (AvgIpc) is 2.93. The Morgan fingerprint density at radius 3 is 2.79 bits per heavy atom. The van der Waals surface area contributed by atoms with Crippen LogP contribution in [0.4, 0.5) is 5.69 Å². The maximum absolute atomic E-state index is 12.9. The molecule has 24 heavy (non-hydrogen) atoms. The molecular weight excluding hydrogens is 302 g/mol. The molecule has 1 aromatic heterocycles. The van der Waals surface area contributed by atoms with E-state index in [1.807, 2.05) is 55.5 Å². The summed E-state index contributed by atoms with van der Waals surface area (Å²) in [6.45, 7) is 2.05. The third-order valence-electron chi connectivity index (χ3n) is 4.52. The highest BCUT2D eigenvalue weighted by molar-refractivity contribution is 5.96. The molecule has 1 aliphatic rings. The van der Waals surface area contributed by atoms with Crippen LogP contribution in [-0.2, 0) is 17.8 Å². The largest absolute Gasteiger partial charge is 0.307 e. The molecule has 0 saturated carbocycles. The molecule has 1 aliphatic heterocycles. The summed E-state index contributed by atoms with van der Waals surface area (Å²) in [5.41, 5.74) is 3.24. The van der Waals surface area contributed by atoms with Gasteiger partial charge in [0.2, 0.25) is 5.91 Å². The van der Waals surface area contributed by atoms with Crippen LogP contribution in [0.5, 0.6) is 0 Å². The number of para-hydroxylation sites is 3. The molecule has 0 radical (unpaired) electrons. The predicted molar refractivity (Wildman–Crippen MR) is 93.1 cm³/mol. The van der Waals surface area contributed by atoms with E-state index in [4.69, 9.17) is 0 Å². The number of nitrogens with zero attached hydrogens (tertiary/aromatic N) is 3. The molecule has 1 amide bonds. The normalized spacial score (nSPS) is 16.4. The number of carbonyl (C=O) groups is 1. The number of hydrogen-bond donors (Lipinski definition) is 0. The SMILES string of the molecule is CC1Cc2ccccc2N1C(=O)Cn1c(=O)cnc2ccccc21. The molecule has 0 N–H and O–H groups in total. The van der Waals surface area contributed by atoms with Gasteiger partial charge in [-0.3, -0.25) is 14.2 Å². The number of fused-ring (bicyclic) bond motifs is 2. The quantitative estimate of drug-likeness (QED) is 0.729. The second kappa shape index (κ2) is 5.60. The zero-order valence-electron chi connectivity index (χ0n) is 13.3. The summed E-state index contributed by atoms with van der Waals surface area (Å²) in [7, 11) is 0. The Morgan fingerprint density at radius 1 is 1.17 bits per heavy atom. The summed E-state index contributed by atoms with van der Waals surface area (Å²) in [5, 5.41) is 0. The van der Waals surface area contributed by atoms with Crippen molar-refractivity contribution in [3.63, 3.8) is 0 Å². The highest BCUT2D eigenvalue weighted by atomic mass is 16.2. The molecule has 4 rings (SSSR count). The number of hydrogen-bond acceptors (Lipinski definition) is 3. The number of anilines is 1. The lowest BCUT2D eigenvalue weighted by Crippen LogP contribution is -2.40. The van der Waals surface area contributed by atoms with E-state index in [1.165, 1.54) is 16.3 Å². The number of carbonyl (C=O) groups excluding carboxylic acids is 1. The van der Waals surface area contributed by atoms with Gasteiger partial charge >= 0.3 is 0 Å². The van der Waals surface area contributed by atoms with E-state index in [2.05, 4.69) is 4.98 Å². The minimum absolute atomic E-state index is 0.0144. The first kappa shape index (κ1) is 14.6. The Balaban J connectivity index is 1.73. The summed E-state index contributed by atoms with van der Waals surface area (Å²) in [4.78, 5) is 31.1. The van der Waals surface area contributed by atoms with Crippen LogP contribution in [0.1, 0.15) is 12.5 Å². The fourth-order valence-electron chi connectivity index (χ4n) is 3.43. The van der Waals surface area contributed by atoms with Gasteiger partial charge in [0.1, 0.15) is 6.54 Å². The Bertz CT molecular complexity index is 993. The molecule has 2 heterocycles. The van der Waals surface area contributed by atoms with E-state index in [9.17, 15) is 9.59 Å². The Hall–Kier alpha value is -2.95. The van der Waals surface area contributed by atoms with Gasteiger partial charge < -0.3 is 4.90 Å². The molecule has 3 aromatic rings. The number of amides is 1. The van der Waals surface area contributed by atoms with Crippen molar-refractivity contribution in [3.05, 3.63) is 70.6 Å². The topological polar surface area (TPSA) is 55.2 Å². The van der Waals surface area contributed by atoms with Crippen molar-refractivity contribution in [2.45, 2.75) is 25.9 Å². The predicted octanol–water partition coefficient (Wildman–Crippen LogP) is 2.37. The summed E-state index contributed by atoms with van der Waals surface area (Å²) in [5.74, 6) is -0.0779. The minimum Gasteiger partial charge on any atom is -0.307 e. The monoisotopic (exact) mass is 319 g/mol. The molecule has 0 aliphatic carbocycles. The molecule has 5 nitrogen and oxygen atoms in total. The van der Waals surface area contributed by atoms with Gasteiger partial charge in [0.25, 0.3) is 5.56 Å². The van der Waals surface area contributed by atoms with Crippen molar-refractivity contribution in [1.82, 2.24) is 9.55 Å². The lowest BCUT2D eigenvalue weighted by atomic mass is 10.1. The van der Waals surface area contributed by atoms with Crippen molar-refractivity contribution >= 4 is 22.6 Å². The number of benzene rings is 2. The zero-order valence-corrected chi connectivity index (χ0v) is 13.3. The van der Waals surface area contributed by atoms with E-state index >= 15 is 0 Å². The van der Waals surface area contributed by atoms with Crippen LogP contribution in [0.2, 0.25) is 0 Å². The number of aromatic nitrogens is 2. The van der Waals surface area contributed by atoms with Crippen LogP contribution in [0.25, 0.3) is 11.0 Å². The third-order valence-corrected chi connectivity index (χ3v) is 4.52. The minimum atomic E-state index is -0.262. The molecule has 5 heteroatoms. The fraction of sp³-hybridized carbons (Fsp3) is 0.211. The second-order valence-electron chi connectivity index (χ2n) is 6.12. The second-order valence-corrected chi connectivity index (χ2v) is 6.12. The van der Waals surface area contributed by atoms with Crippen LogP contribution >= 0.6 is 0 Å². The van der Waals surface area contributed by atoms with Crippen LogP contribution < -0.4 is 10.5 Å².